The number of imide groups is 2. The van der Waals surface area contributed by atoms with E-state index in [4.69, 9.17) is 25.8 Å². The molecule has 1 heterocycles. The SMILES string of the molecule is CCCOc1ccc(N2C(=O)NC(=O)/C(=C/c3cc(Cl)c(OCc4ccc(Br)cc4)c(OCC)c3)C2=O)cc1. The molecule has 39 heavy (non-hydrogen) atoms. The highest BCUT2D eigenvalue weighted by atomic mass is 79.9. The number of halogens is 2. The van der Waals surface area contributed by atoms with Gasteiger partial charge >= 0.3 is 6.03 Å². The second-order valence-corrected chi connectivity index (χ2v) is 9.80. The molecule has 0 spiro atoms. The van der Waals surface area contributed by atoms with Crippen molar-refractivity contribution in [1.82, 2.24) is 5.32 Å². The van der Waals surface area contributed by atoms with Gasteiger partial charge in [0.25, 0.3) is 11.8 Å². The van der Waals surface area contributed by atoms with Crippen molar-refractivity contribution in [3.63, 3.8) is 0 Å². The lowest BCUT2D eigenvalue weighted by Gasteiger charge is -2.26. The van der Waals surface area contributed by atoms with Gasteiger partial charge in [-0.2, -0.15) is 0 Å². The first-order chi connectivity index (χ1) is 18.8. The van der Waals surface area contributed by atoms with Gasteiger partial charge in [-0.3, -0.25) is 14.9 Å². The van der Waals surface area contributed by atoms with Crippen LogP contribution in [0.1, 0.15) is 31.4 Å². The number of amides is 4. The Bertz CT molecular complexity index is 1410. The molecule has 202 valence electrons. The van der Waals surface area contributed by atoms with E-state index >= 15 is 0 Å². The molecule has 8 nitrogen and oxygen atoms in total. The topological polar surface area (TPSA) is 94.2 Å². The van der Waals surface area contributed by atoms with Crippen molar-refractivity contribution < 1.29 is 28.6 Å². The van der Waals surface area contributed by atoms with Crippen molar-refractivity contribution >= 4 is 57.1 Å². The third-order valence-electron chi connectivity index (χ3n) is 5.61. The summed E-state index contributed by atoms with van der Waals surface area (Å²) in [4.78, 5) is 39.4. The van der Waals surface area contributed by atoms with E-state index in [-0.39, 0.29) is 17.2 Å². The van der Waals surface area contributed by atoms with E-state index in [1.807, 2.05) is 38.1 Å². The number of rotatable bonds is 10. The molecule has 10 heteroatoms. The summed E-state index contributed by atoms with van der Waals surface area (Å²) in [5.74, 6) is -0.277. The maximum absolute atomic E-state index is 13.3. The first-order valence-electron chi connectivity index (χ1n) is 12.3. The first-order valence-corrected chi connectivity index (χ1v) is 13.5. The van der Waals surface area contributed by atoms with Gasteiger partial charge in [-0.15, -0.1) is 0 Å². The van der Waals surface area contributed by atoms with Crippen molar-refractivity contribution in [2.24, 2.45) is 0 Å². The van der Waals surface area contributed by atoms with Crippen molar-refractivity contribution in [3.8, 4) is 17.2 Å². The maximum atomic E-state index is 13.3. The molecule has 1 saturated heterocycles. The lowest BCUT2D eigenvalue weighted by Crippen LogP contribution is -2.54. The monoisotopic (exact) mass is 612 g/mol. The second kappa shape index (κ2) is 12.8. The number of barbiturate groups is 1. The van der Waals surface area contributed by atoms with Crippen LogP contribution in [0.15, 0.2) is 70.7 Å². The van der Waals surface area contributed by atoms with Gasteiger partial charge in [-0.05, 0) is 79.1 Å². The average Bonchev–Trinajstić information content (AvgIpc) is 2.91. The summed E-state index contributed by atoms with van der Waals surface area (Å²) in [6.07, 6.45) is 2.21. The molecule has 0 aliphatic carbocycles. The van der Waals surface area contributed by atoms with Gasteiger partial charge in [0, 0.05) is 4.47 Å². The van der Waals surface area contributed by atoms with Crippen molar-refractivity contribution in [1.29, 1.82) is 0 Å². The third kappa shape index (κ3) is 6.79. The Morgan fingerprint density at radius 3 is 2.33 bits per heavy atom. The summed E-state index contributed by atoms with van der Waals surface area (Å²) in [6, 6.07) is 16.5. The fourth-order valence-corrected chi connectivity index (χ4v) is 4.32. The molecule has 0 aromatic heterocycles. The van der Waals surface area contributed by atoms with Gasteiger partial charge in [-0.25, -0.2) is 9.69 Å². The molecule has 3 aromatic carbocycles. The number of carbonyl (C=O) groups is 3. The number of hydrogen-bond acceptors (Lipinski definition) is 6. The van der Waals surface area contributed by atoms with Crippen LogP contribution >= 0.6 is 27.5 Å². The fraction of sp³-hybridized carbons (Fsp3) is 0.207. The maximum Gasteiger partial charge on any atom is 0.335 e. The molecular formula is C29H26BrClN2O6. The van der Waals surface area contributed by atoms with Gasteiger partial charge in [-0.1, -0.05) is 46.6 Å². The van der Waals surface area contributed by atoms with Crippen LogP contribution in [-0.2, 0) is 16.2 Å². The summed E-state index contributed by atoms with van der Waals surface area (Å²) in [5, 5.41) is 2.46. The minimum absolute atomic E-state index is 0.233. The number of anilines is 1. The minimum atomic E-state index is -0.839. The van der Waals surface area contributed by atoms with Crippen LogP contribution in [0.3, 0.4) is 0 Å². The Kier molecular flexibility index (Phi) is 9.27. The molecule has 0 unspecified atom stereocenters. The van der Waals surface area contributed by atoms with Crippen LogP contribution in [0, 0.1) is 0 Å². The van der Waals surface area contributed by atoms with E-state index in [1.54, 1.807) is 36.4 Å². The predicted octanol–water partition coefficient (Wildman–Crippen LogP) is 6.54. The summed E-state index contributed by atoms with van der Waals surface area (Å²) in [6.45, 7) is 4.95. The van der Waals surface area contributed by atoms with Gasteiger partial charge in [0.1, 0.15) is 17.9 Å². The van der Waals surface area contributed by atoms with Gasteiger partial charge in [0.2, 0.25) is 0 Å². The quantitative estimate of drug-likeness (QED) is 0.206. The zero-order valence-electron chi connectivity index (χ0n) is 21.3. The third-order valence-corrected chi connectivity index (χ3v) is 6.42. The van der Waals surface area contributed by atoms with E-state index in [0.717, 1.165) is 21.4 Å². The molecule has 3 aromatic rings. The number of carbonyl (C=O) groups excluding carboxylic acids is 3. The van der Waals surface area contributed by atoms with Crippen LogP contribution in [0.25, 0.3) is 6.08 Å². The molecule has 1 fully saturated rings. The largest absolute Gasteiger partial charge is 0.494 e. The van der Waals surface area contributed by atoms with Gasteiger partial charge < -0.3 is 14.2 Å². The van der Waals surface area contributed by atoms with Crippen LogP contribution in [0.4, 0.5) is 10.5 Å². The summed E-state index contributed by atoms with van der Waals surface area (Å²) in [7, 11) is 0. The Labute approximate surface area is 239 Å². The fourth-order valence-electron chi connectivity index (χ4n) is 3.78. The smallest absolute Gasteiger partial charge is 0.335 e. The molecule has 4 rings (SSSR count). The van der Waals surface area contributed by atoms with Crippen LogP contribution < -0.4 is 24.4 Å². The van der Waals surface area contributed by atoms with E-state index in [2.05, 4.69) is 21.2 Å². The Morgan fingerprint density at radius 1 is 0.949 bits per heavy atom. The molecule has 1 N–H and O–H groups in total. The molecule has 4 amide bonds. The van der Waals surface area contributed by atoms with Crippen LogP contribution in [0.2, 0.25) is 5.02 Å². The highest BCUT2D eigenvalue weighted by Crippen LogP contribution is 2.38. The Hall–Kier alpha value is -3.82. The molecule has 0 bridgehead atoms. The minimum Gasteiger partial charge on any atom is -0.494 e. The molecule has 0 radical (unpaired) electrons. The zero-order valence-corrected chi connectivity index (χ0v) is 23.7. The van der Waals surface area contributed by atoms with Crippen LogP contribution in [-0.4, -0.2) is 31.1 Å². The molecule has 1 aliphatic rings. The number of benzene rings is 3. The summed E-state index contributed by atoms with van der Waals surface area (Å²) >= 11 is 9.95. The lowest BCUT2D eigenvalue weighted by molar-refractivity contribution is -0.122. The lowest BCUT2D eigenvalue weighted by atomic mass is 10.1. The highest BCUT2D eigenvalue weighted by molar-refractivity contribution is 9.10. The van der Waals surface area contributed by atoms with E-state index in [9.17, 15) is 14.4 Å². The average molecular weight is 614 g/mol. The highest BCUT2D eigenvalue weighted by Gasteiger charge is 2.37. The number of nitrogens with zero attached hydrogens (tertiary/aromatic N) is 1. The normalized spacial score (nSPS) is 14.4. The van der Waals surface area contributed by atoms with Crippen molar-refractivity contribution in [2.75, 3.05) is 18.1 Å². The van der Waals surface area contributed by atoms with Crippen molar-refractivity contribution in [3.05, 3.63) is 86.9 Å². The number of nitrogens with one attached hydrogen (secondary N) is 1. The Balaban J connectivity index is 1.61. The van der Waals surface area contributed by atoms with Gasteiger partial charge in [0.15, 0.2) is 11.5 Å². The van der Waals surface area contributed by atoms with E-state index in [1.165, 1.54) is 6.08 Å². The molecular weight excluding hydrogens is 588 g/mol. The number of urea groups is 1. The summed E-state index contributed by atoms with van der Waals surface area (Å²) < 4.78 is 18.2. The zero-order chi connectivity index (χ0) is 27.9. The van der Waals surface area contributed by atoms with E-state index in [0.29, 0.717) is 41.7 Å². The predicted molar refractivity (Wildman–Crippen MR) is 152 cm³/mol. The Morgan fingerprint density at radius 2 is 1.67 bits per heavy atom. The van der Waals surface area contributed by atoms with Crippen LogP contribution in [0.5, 0.6) is 17.2 Å². The van der Waals surface area contributed by atoms with Crippen molar-refractivity contribution in [2.45, 2.75) is 26.9 Å². The molecule has 1 aliphatic heterocycles. The van der Waals surface area contributed by atoms with Gasteiger partial charge in [0.05, 0.1) is 23.9 Å². The first kappa shape index (κ1) is 28.2. The summed E-state index contributed by atoms with van der Waals surface area (Å²) in [5.41, 5.74) is 1.42. The molecule has 0 saturated carbocycles. The molecule has 0 atom stereocenters. The standard InChI is InChI=1S/C29H26BrClN2O6/c1-3-13-38-22-11-9-21(10-12-22)33-28(35)23(27(34)32-29(33)36)14-19-15-24(31)26(25(16-19)37-4-2)39-17-18-5-7-20(30)8-6-18/h5-12,14-16H,3-4,13,17H2,1-2H3,(H,32,34,36)/b23-14-. The number of hydrogen-bond donors (Lipinski definition) is 1. The number of ether oxygens (including phenoxy) is 3. The van der Waals surface area contributed by atoms with E-state index < -0.39 is 17.8 Å². The second-order valence-electron chi connectivity index (χ2n) is 8.48.